The maximum Gasteiger partial charge on any atom is 0.134 e. The van der Waals surface area contributed by atoms with Crippen molar-refractivity contribution in [2.75, 3.05) is 14.2 Å². The maximum atomic E-state index is 5.05. The Balaban J connectivity index is 2.35. The summed E-state index contributed by atoms with van der Waals surface area (Å²) in [7, 11) is 2.99. The largest absolute Gasteiger partial charge is 0.399 e. The van der Waals surface area contributed by atoms with Gasteiger partial charge < -0.3 is 14.2 Å². The van der Waals surface area contributed by atoms with Gasteiger partial charge in [0.05, 0.1) is 5.69 Å². The Hall–Kier alpha value is -2.63. The number of rotatable bonds is 6. The van der Waals surface area contributed by atoms with Gasteiger partial charge in [-0.05, 0) is 18.9 Å². The van der Waals surface area contributed by atoms with Gasteiger partial charge in [0.2, 0.25) is 0 Å². The van der Waals surface area contributed by atoms with E-state index in [0.29, 0.717) is 11.4 Å². The second-order valence-electron chi connectivity index (χ2n) is 4.59. The molecule has 0 atom stereocenters. The molecule has 1 heterocycles. The van der Waals surface area contributed by atoms with Crippen molar-refractivity contribution >= 4 is 11.4 Å². The van der Waals surface area contributed by atoms with Gasteiger partial charge in [-0.3, -0.25) is 0 Å². The molecular weight excluding hydrogens is 282 g/mol. The van der Waals surface area contributed by atoms with Crippen LogP contribution in [0.15, 0.2) is 45.4 Å². The third-order valence-corrected chi connectivity index (χ3v) is 3.20. The van der Waals surface area contributed by atoms with Crippen molar-refractivity contribution in [2.24, 2.45) is 10.3 Å². The Morgan fingerprint density at radius 3 is 2.41 bits per heavy atom. The lowest BCUT2D eigenvalue weighted by molar-refractivity contribution is 0.210. The van der Waals surface area contributed by atoms with E-state index in [4.69, 9.17) is 14.2 Å². The van der Waals surface area contributed by atoms with Crippen LogP contribution < -0.4 is 0 Å². The fourth-order valence-electron chi connectivity index (χ4n) is 2.16. The molecule has 1 aromatic heterocycles. The van der Waals surface area contributed by atoms with Crippen molar-refractivity contribution in [3.63, 3.8) is 0 Å². The summed E-state index contributed by atoms with van der Waals surface area (Å²) in [6.45, 7) is 3.86. The van der Waals surface area contributed by atoms with Crippen LogP contribution in [0.2, 0.25) is 0 Å². The topological polar surface area (TPSA) is 69.2 Å². The Morgan fingerprint density at radius 1 is 1.14 bits per heavy atom. The van der Waals surface area contributed by atoms with E-state index in [9.17, 15) is 0 Å². The molecule has 1 aromatic carbocycles. The minimum atomic E-state index is 0.622. The normalized spacial score (nSPS) is 12.4. The van der Waals surface area contributed by atoms with Gasteiger partial charge in [0, 0.05) is 11.1 Å². The molecule has 0 unspecified atom stereocenters. The zero-order chi connectivity index (χ0) is 15.9. The van der Waals surface area contributed by atoms with E-state index in [1.54, 1.807) is 6.26 Å². The van der Waals surface area contributed by atoms with Crippen LogP contribution >= 0.6 is 0 Å². The number of nitrogens with zero attached hydrogens (tertiary/aromatic N) is 3. The Labute approximate surface area is 129 Å². The molecule has 0 amide bonds. The third kappa shape index (κ3) is 3.33. The van der Waals surface area contributed by atoms with E-state index in [1.807, 2.05) is 38.1 Å². The van der Waals surface area contributed by atoms with Crippen LogP contribution in [0.25, 0.3) is 11.1 Å². The van der Waals surface area contributed by atoms with Gasteiger partial charge in [0.25, 0.3) is 0 Å². The van der Waals surface area contributed by atoms with Gasteiger partial charge in [0.1, 0.15) is 31.9 Å². The Kier molecular flexibility index (Phi) is 5.30. The van der Waals surface area contributed by atoms with E-state index in [1.165, 1.54) is 14.2 Å². The first-order chi connectivity index (χ1) is 10.7. The van der Waals surface area contributed by atoms with E-state index >= 15 is 0 Å². The van der Waals surface area contributed by atoms with Crippen LogP contribution in [0, 0.1) is 0 Å². The lowest BCUT2D eigenvalue weighted by Crippen LogP contribution is -2.13. The first-order valence-electron chi connectivity index (χ1n) is 6.94. The van der Waals surface area contributed by atoms with Crippen LogP contribution in [-0.2, 0) is 16.1 Å². The van der Waals surface area contributed by atoms with Gasteiger partial charge in [-0.2, -0.15) is 0 Å². The van der Waals surface area contributed by atoms with Gasteiger partial charge in [-0.25, -0.2) is 0 Å². The lowest BCUT2D eigenvalue weighted by Gasteiger charge is -2.06. The summed E-state index contributed by atoms with van der Waals surface area (Å²) in [5.41, 5.74) is 5.13. The Morgan fingerprint density at radius 2 is 1.82 bits per heavy atom. The average molecular weight is 301 g/mol. The summed E-state index contributed by atoms with van der Waals surface area (Å²) in [6, 6.07) is 7.89. The summed E-state index contributed by atoms with van der Waals surface area (Å²) in [4.78, 5) is 9.69. The average Bonchev–Trinajstić information content (AvgIpc) is 3.01. The predicted octanol–water partition coefficient (Wildman–Crippen LogP) is 3.28. The summed E-state index contributed by atoms with van der Waals surface area (Å²) in [6.07, 6.45) is 2.49. The lowest BCUT2D eigenvalue weighted by atomic mass is 10.0. The standard InChI is InChI=1S/C16H19N3O3/c1-5-15-14(10-22-18-15)12-6-8-13(9-7-12)16(19-21-4)11(2)17-20-3/h6-10H,5H2,1-4H3/b17-11+,19-16-. The molecule has 0 bridgehead atoms. The highest BCUT2D eigenvalue weighted by molar-refractivity contribution is 6.47. The highest BCUT2D eigenvalue weighted by Gasteiger charge is 2.12. The number of hydrogen-bond acceptors (Lipinski definition) is 6. The molecule has 0 fully saturated rings. The fourth-order valence-corrected chi connectivity index (χ4v) is 2.16. The molecule has 2 rings (SSSR count). The van der Waals surface area contributed by atoms with Crippen LogP contribution in [-0.4, -0.2) is 30.8 Å². The third-order valence-electron chi connectivity index (χ3n) is 3.20. The highest BCUT2D eigenvalue weighted by Crippen LogP contribution is 2.24. The fraction of sp³-hybridized carbons (Fsp3) is 0.312. The van der Waals surface area contributed by atoms with Crippen molar-refractivity contribution in [3.8, 4) is 11.1 Å². The van der Waals surface area contributed by atoms with E-state index in [2.05, 4.69) is 15.5 Å². The first kappa shape index (κ1) is 15.8. The number of aryl methyl sites for hydroxylation is 1. The summed E-state index contributed by atoms with van der Waals surface area (Å²) < 4.78 is 5.05. The number of benzene rings is 1. The second kappa shape index (κ2) is 7.40. The molecule has 0 aliphatic heterocycles. The first-order valence-corrected chi connectivity index (χ1v) is 6.94. The van der Waals surface area contributed by atoms with Crippen LogP contribution in [0.4, 0.5) is 0 Å². The molecule has 6 nitrogen and oxygen atoms in total. The van der Waals surface area contributed by atoms with E-state index in [0.717, 1.165) is 28.8 Å². The van der Waals surface area contributed by atoms with Crippen LogP contribution in [0.5, 0.6) is 0 Å². The quantitative estimate of drug-likeness (QED) is 0.606. The zero-order valence-electron chi connectivity index (χ0n) is 13.2. The van der Waals surface area contributed by atoms with Gasteiger partial charge in [-0.15, -0.1) is 0 Å². The minimum Gasteiger partial charge on any atom is -0.399 e. The summed E-state index contributed by atoms with van der Waals surface area (Å²) in [5, 5.41) is 11.9. The molecule has 2 aromatic rings. The number of hydrogen-bond donors (Lipinski definition) is 0. The zero-order valence-corrected chi connectivity index (χ0v) is 13.2. The SMILES string of the molecule is CCc1nocc1-c1ccc(C(=N\OC)/C(C)=N/OC)cc1. The van der Waals surface area contributed by atoms with Gasteiger partial charge in [0.15, 0.2) is 0 Å². The van der Waals surface area contributed by atoms with Gasteiger partial charge in [-0.1, -0.05) is 46.7 Å². The van der Waals surface area contributed by atoms with Crippen molar-refractivity contribution in [1.29, 1.82) is 0 Å². The maximum absolute atomic E-state index is 5.05. The molecule has 0 radical (unpaired) electrons. The second-order valence-corrected chi connectivity index (χ2v) is 4.59. The smallest absolute Gasteiger partial charge is 0.134 e. The molecule has 22 heavy (non-hydrogen) atoms. The number of aromatic nitrogens is 1. The van der Waals surface area contributed by atoms with Crippen molar-refractivity contribution in [1.82, 2.24) is 5.16 Å². The highest BCUT2D eigenvalue weighted by atomic mass is 16.6. The van der Waals surface area contributed by atoms with Crippen molar-refractivity contribution < 1.29 is 14.2 Å². The summed E-state index contributed by atoms with van der Waals surface area (Å²) >= 11 is 0. The molecule has 116 valence electrons. The number of oxime groups is 2. The Bertz CT molecular complexity index is 672. The van der Waals surface area contributed by atoms with Crippen molar-refractivity contribution in [3.05, 3.63) is 41.8 Å². The van der Waals surface area contributed by atoms with E-state index in [-0.39, 0.29) is 0 Å². The predicted molar refractivity (Wildman–Crippen MR) is 85.0 cm³/mol. The van der Waals surface area contributed by atoms with Gasteiger partial charge >= 0.3 is 0 Å². The van der Waals surface area contributed by atoms with E-state index < -0.39 is 0 Å². The molecule has 0 saturated carbocycles. The monoisotopic (exact) mass is 301 g/mol. The van der Waals surface area contributed by atoms with Crippen LogP contribution in [0.1, 0.15) is 25.1 Å². The molecule has 0 aliphatic rings. The molecule has 0 spiro atoms. The summed E-state index contributed by atoms with van der Waals surface area (Å²) in [5.74, 6) is 0. The molecule has 0 aliphatic carbocycles. The molecule has 0 saturated heterocycles. The molecular formula is C16H19N3O3. The van der Waals surface area contributed by atoms with Crippen molar-refractivity contribution in [2.45, 2.75) is 20.3 Å². The molecule has 6 heteroatoms. The van der Waals surface area contributed by atoms with Crippen LogP contribution in [0.3, 0.4) is 0 Å². The minimum absolute atomic E-state index is 0.622. The molecule has 0 N–H and O–H groups in total.